The summed E-state index contributed by atoms with van der Waals surface area (Å²) in [4.78, 5) is 6.04. The van der Waals surface area contributed by atoms with E-state index in [1.165, 1.54) is 0 Å². The Balaban J connectivity index is 1.95. The summed E-state index contributed by atoms with van der Waals surface area (Å²) in [6, 6.07) is 9.83. The zero-order valence-corrected chi connectivity index (χ0v) is 10.6. The second-order valence-electron chi connectivity index (χ2n) is 4.42. The van der Waals surface area contributed by atoms with Crippen molar-refractivity contribution in [2.75, 3.05) is 23.9 Å². The van der Waals surface area contributed by atoms with Gasteiger partial charge < -0.3 is 10.5 Å². The molecule has 0 fully saturated rings. The molecule has 0 bridgehead atoms. The minimum absolute atomic E-state index is 0.387. The largest absolute Gasteiger partial charge is 0.740 e. The van der Waals surface area contributed by atoms with Gasteiger partial charge in [0.05, 0.1) is 7.05 Å². The first-order valence-corrected chi connectivity index (χ1v) is 6.06. The Hall–Kier alpha value is -2.56. The van der Waals surface area contributed by atoms with Crippen molar-refractivity contribution in [3.8, 4) is 0 Å². The SMILES string of the molecule is CN1CNc2cnc(C=Cc3ccccc3)[n+]([O-])c21. The molecule has 2 heterocycles. The first kappa shape index (κ1) is 11.5. The highest BCUT2D eigenvalue weighted by Gasteiger charge is 2.24. The molecular formula is C14H14N4O. The lowest BCUT2D eigenvalue weighted by atomic mass is 10.2. The molecule has 0 amide bonds. The molecule has 1 aliphatic heterocycles. The van der Waals surface area contributed by atoms with Gasteiger partial charge >= 0.3 is 0 Å². The van der Waals surface area contributed by atoms with Crippen LogP contribution in [-0.2, 0) is 0 Å². The molecule has 0 radical (unpaired) electrons. The average Bonchev–Trinajstić information content (AvgIpc) is 2.82. The van der Waals surface area contributed by atoms with Crippen LogP contribution in [0, 0.1) is 5.21 Å². The number of nitrogens with zero attached hydrogens (tertiary/aromatic N) is 3. The first-order chi connectivity index (χ1) is 9.25. The molecule has 0 unspecified atom stereocenters. The van der Waals surface area contributed by atoms with Crippen molar-refractivity contribution in [3.63, 3.8) is 0 Å². The Labute approximate surface area is 111 Å². The molecule has 5 heteroatoms. The van der Waals surface area contributed by atoms with Crippen molar-refractivity contribution >= 4 is 23.7 Å². The number of rotatable bonds is 2. The van der Waals surface area contributed by atoms with E-state index in [1.54, 1.807) is 12.3 Å². The number of nitrogens with one attached hydrogen (secondary N) is 1. The predicted octanol–water partition coefficient (Wildman–Crippen LogP) is 1.70. The third-order valence-corrected chi connectivity index (χ3v) is 3.06. The number of fused-ring (bicyclic) bond motifs is 1. The van der Waals surface area contributed by atoms with Gasteiger partial charge in [0.25, 0.3) is 11.6 Å². The van der Waals surface area contributed by atoms with Crippen molar-refractivity contribution in [3.05, 3.63) is 53.1 Å². The molecular weight excluding hydrogens is 240 g/mol. The fourth-order valence-corrected chi connectivity index (χ4v) is 2.07. The van der Waals surface area contributed by atoms with Gasteiger partial charge in [-0.2, -0.15) is 0 Å². The second-order valence-corrected chi connectivity index (χ2v) is 4.42. The van der Waals surface area contributed by atoms with Crippen LogP contribution in [0.25, 0.3) is 12.2 Å². The predicted molar refractivity (Wildman–Crippen MR) is 75.5 cm³/mol. The Morgan fingerprint density at radius 2 is 2.11 bits per heavy atom. The summed E-state index contributed by atoms with van der Waals surface area (Å²) >= 11 is 0. The van der Waals surface area contributed by atoms with E-state index < -0.39 is 0 Å². The van der Waals surface area contributed by atoms with Crippen LogP contribution in [0.5, 0.6) is 0 Å². The Kier molecular flexibility index (Phi) is 2.79. The van der Waals surface area contributed by atoms with Crippen molar-refractivity contribution in [2.45, 2.75) is 0 Å². The summed E-state index contributed by atoms with van der Waals surface area (Å²) in [5.41, 5.74) is 1.81. The summed E-state index contributed by atoms with van der Waals surface area (Å²) in [5, 5.41) is 15.3. The van der Waals surface area contributed by atoms with Crippen molar-refractivity contribution in [1.82, 2.24) is 4.98 Å². The molecule has 0 saturated heterocycles. The minimum atomic E-state index is 0.387. The van der Waals surface area contributed by atoms with Crippen molar-refractivity contribution < 1.29 is 4.73 Å². The third-order valence-electron chi connectivity index (χ3n) is 3.06. The van der Waals surface area contributed by atoms with E-state index in [0.29, 0.717) is 18.3 Å². The highest BCUT2D eigenvalue weighted by Crippen LogP contribution is 2.25. The van der Waals surface area contributed by atoms with Crippen LogP contribution in [0.2, 0.25) is 0 Å². The number of anilines is 2. The van der Waals surface area contributed by atoms with Gasteiger partial charge in [-0.3, -0.25) is 4.90 Å². The van der Waals surface area contributed by atoms with Gasteiger partial charge in [-0.15, -0.1) is 4.98 Å². The average molecular weight is 254 g/mol. The normalized spacial score (nSPS) is 13.6. The van der Waals surface area contributed by atoms with Gasteiger partial charge in [0, 0.05) is 6.08 Å². The molecule has 1 N–H and O–H groups in total. The molecule has 0 aliphatic carbocycles. The molecule has 0 atom stereocenters. The number of hydrogen-bond donors (Lipinski definition) is 1. The van der Waals surface area contributed by atoms with E-state index >= 15 is 0 Å². The van der Waals surface area contributed by atoms with Crippen LogP contribution in [0.4, 0.5) is 11.5 Å². The lowest BCUT2D eigenvalue weighted by molar-refractivity contribution is -0.596. The number of benzene rings is 1. The first-order valence-electron chi connectivity index (χ1n) is 6.06. The molecule has 5 nitrogen and oxygen atoms in total. The topological polar surface area (TPSA) is 55.1 Å². The summed E-state index contributed by atoms with van der Waals surface area (Å²) in [7, 11) is 1.87. The van der Waals surface area contributed by atoms with Crippen LogP contribution in [0.3, 0.4) is 0 Å². The maximum Gasteiger partial charge on any atom is 0.263 e. The summed E-state index contributed by atoms with van der Waals surface area (Å²) in [5.74, 6) is 1.00. The van der Waals surface area contributed by atoms with E-state index in [0.717, 1.165) is 16.0 Å². The van der Waals surface area contributed by atoms with Gasteiger partial charge in [-0.05, 0) is 11.6 Å². The molecule has 0 saturated carbocycles. The number of hydrogen-bond acceptors (Lipinski definition) is 4. The fourth-order valence-electron chi connectivity index (χ4n) is 2.07. The zero-order valence-electron chi connectivity index (χ0n) is 10.6. The lowest BCUT2D eigenvalue weighted by Gasteiger charge is -2.14. The molecule has 0 spiro atoms. The highest BCUT2D eigenvalue weighted by molar-refractivity contribution is 5.69. The molecule has 1 aliphatic rings. The summed E-state index contributed by atoms with van der Waals surface area (Å²) in [6.07, 6.45) is 5.30. The van der Waals surface area contributed by atoms with Crippen molar-refractivity contribution in [2.24, 2.45) is 0 Å². The zero-order chi connectivity index (χ0) is 13.2. The maximum absolute atomic E-state index is 12.2. The van der Waals surface area contributed by atoms with Crippen LogP contribution < -0.4 is 14.9 Å². The Morgan fingerprint density at radius 3 is 2.89 bits per heavy atom. The molecule has 1 aromatic carbocycles. The molecule has 19 heavy (non-hydrogen) atoms. The lowest BCUT2D eigenvalue weighted by Crippen LogP contribution is -2.37. The minimum Gasteiger partial charge on any atom is -0.740 e. The van der Waals surface area contributed by atoms with Crippen molar-refractivity contribution in [1.29, 1.82) is 0 Å². The van der Waals surface area contributed by atoms with E-state index in [4.69, 9.17) is 0 Å². The highest BCUT2D eigenvalue weighted by atomic mass is 16.5. The third kappa shape index (κ3) is 2.10. The second kappa shape index (κ2) is 4.61. The molecule has 96 valence electrons. The van der Waals surface area contributed by atoms with E-state index in [1.807, 2.05) is 48.4 Å². The van der Waals surface area contributed by atoms with Gasteiger partial charge in [0.1, 0.15) is 18.6 Å². The Bertz CT molecular complexity index is 625. The van der Waals surface area contributed by atoms with Gasteiger partial charge in [-0.1, -0.05) is 30.3 Å². The summed E-state index contributed by atoms with van der Waals surface area (Å²) < 4.78 is 0.856. The molecule has 1 aromatic heterocycles. The number of aromatic nitrogens is 2. The summed E-state index contributed by atoms with van der Waals surface area (Å²) in [6.45, 7) is 0.630. The molecule has 3 rings (SSSR count). The van der Waals surface area contributed by atoms with Crippen LogP contribution in [-0.4, -0.2) is 18.7 Å². The van der Waals surface area contributed by atoms with Gasteiger partial charge in [-0.25, -0.2) is 4.73 Å². The maximum atomic E-state index is 12.2. The standard InChI is InChI=1S/C14H14N4O/c1-17-10-16-12-9-15-13(18(19)14(12)17)8-7-11-5-3-2-4-6-11/h2-9,16H,10H2,1H3. The van der Waals surface area contributed by atoms with Crippen LogP contribution in [0.15, 0.2) is 36.5 Å². The van der Waals surface area contributed by atoms with E-state index in [2.05, 4.69) is 10.3 Å². The van der Waals surface area contributed by atoms with Crippen LogP contribution >= 0.6 is 0 Å². The smallest absolute Gasteiger partial charge is 0.263 e. The van der Waals surface area contributed by atoms with Crippen LogP contribution in [0.1, 0.15) is 11.4 Å². The van der Waals surface area contributed by atoms with E-state index in [9.17, 15) is 5.21 Å². The Morgan fingerprint density at radius 1 is 1.32 bits per heavy atom. The van der Waals surface area contributed by atoms with Gasteiger partial charge in [0.15, 0.2) is 0 Å². The van der Waals surface area contributed by atoms with E-state index in [-0.39, 0.29) is 0 Å². The monoisotopic (exact) mass is 254 g/mol. The molecule has 2 aromatic rings. The van der Waals surface area contributed by atoms with Gasteiger partial charge in [0.2, 0.25) is 0 Å². The quantitative estimate of drug-likeness (QED) is 0.654. The fraction of sp³-hybridized carbons (Fsp3) is 0.143.